The quantitative estimate of drug-likeness (QED) is 0.114. The molecule has 5 aromatic carbocycles. The van der Waals surface area contributed by atoms with E-state index in [4.69, 9.17) is 9.47 Å². The molecule has 5 atom stereocenters. The molecule has 0 saturated carbocycles. The van der Waals surface area contributed by atoms with Gasteiger partial charge in [0, 0.05) is 36.7 Å². The van der Waals surface area contributed by atoms with Crippen LogP contribution in [0.2, 0.25) is 0 Å². The van der Waals surface area contributed by atoms with Gasteiger partial charge in [0.05, 0.1) is 24.9 Å². The monoisotopic (exact) mass is 672 g/mol. The van der Waals surface area contributed by atoms with Crippen LogP contribution >= 0.6 is 0 Å². The van der Waals surface area contributed by atoms with Crippen molar-refractivity contribution < 1.29 is 29.6 Å². The minimum absolute atomic E-state index is 0.0242. The maximum atomic E-state index is 12.7. The summed E-state index contributed by atoms with van der Waals surface area (Å²) >= 11 is 0. The van der Waals surface area contributed by atoms with Gasteiger partial charge in [-0.2, -0.15) is 0 Å². The van der Waals surface area contributed by atoms with Crippen molar-refractivity contribution in [2.24, 2.45) is 5.92 Å². The number of benzene rings is 5. The standard InChI is InChI=1S/C42H44N2O6/c1-28-39(26-44(2)25-38(47)34-12-8-13-36(46)23-34)49-42(50-40(28)31-17-15-29(27-45)16-18-31)33-21-19-30(20-22-33)37-14-7-6-11-35(37)24-43-41(48)32-9-4-3-5-10-32/h3-23,28,38-40,42,45-47H,24-27H2,1-2H3,(H,43,48)/t28-,38-,39+,40+,42+/m1/s1. The summed E-state index contributed by atoms with van der Waals surface area (Å²) in [5, 5.41) is 33.5. The average molecular weight is 673 g/mol. The van der Waals surface area contributed by atoms with Gasteiger partial charge in [0.15, 0.2) is 6.29 Å². The number of nitrogens with one attached hydrogen (secondary N) is 1. The molecule has 50 heavy (non-hydrogen) atoms. The fraction of sp³-hybridized carbons (Fsp3) is 0.262. The fourth-order valence-corrected chi connectivity index (χ4v) is 6.49. The van der Waals surface area contributed by atoms with Crippen LogP contribution in [0.15, 0.2) is 127 Å². The zero-order valence-corrected chi connectivity index (χ0v) is 28.4. The minimum Gasteiger partial charge on any atom is -0.508 e. The zero-order valence-electron chi connectivity index (χ0n) is 28.4. The van der Waals surface area contributed by atoms with Gasteiger partial charge in [-0.05, 0) is 64.7 Å². The number of hydrogen-bond donors (Lipinski definition) is 4. The van der Waals surface area contributed by atoms with Crippen LogP contribution in [0.25, 0.3) is 11.1 Å². The topological polar surface area (TPSA) is 111 Å². The van der Waals surface area contributed by atoms with E-state index in [0.717, 1.165) is 33.4 Å². The number of aliphatic hydroxyl groups is 2. The van der Waals surface area contributed by atoms with E-state index in [-0.39, 0.29) is 36.4 Å². The maximum Gasteiger partial charge on any atom is 0.251 e. The number of likely N-dealkylation sites (N-methyl/N-ethyl adjacent to an activating group) is 1. The number of aliphatic hydroxyl groups excluding tert-OH is 2. The fourth-order valence-electron chi connectivity index (χ4n) is 6.49. The van der Waals surface area contributed by atoms with Gasteiger partial charge in [-0.3, -0.25) is 4.79 Å². The normalized spacial score (nSPS) is 19.6. The van der Waals surface area contributed by atoms with Gasteiger partial charge < -0.3 is 35.0 Å². The van der Waals surface area contributed by atoms with Gasteiger partial charge in [0.25, 0.3) is 5.91 Å². The van der Waals surface area contributed by atoms with Gasteiger partial charge >= 0.3 is 0 Å². The molecule has 258 valence electrons. The lowest BCUT2D eigenvalue weighted by atomic mass is 9.90. The number of carbonyl (C=O) groups excluding carboxylic acids is 1. The summed E-state index contributed by atoms with van der Waals surface area (Å²) in [6, 6.07) is 39.9. The summed E-state index contributed by atoms with van der Waals surface area (Å²) in [6.07, 6.45) is -1.92. The Balaban J connectivity index is 1.20. The summed E-state index contributed by atoms with van der Waals surface area (Å²) in [4.78, 5) is 14.8. The molecule has 5 aromatic rings. The van der Waals surface area contributed by atoms with Crippen molar-refractivity contribution in [3.63, 3.8) is 0 Å². The van der Waals surface area contributed by atoms with E-state index < -0.39 is 12.4 Å². The second kappa shape index (κ2) is 16.3. The molecular weight excluding hydrogens is 628 g/mol. The Kier molecular flexibility index (Phi) is 11.4. The number of nitrogens with zero attached hydrogens (tertiary/aromatic N) is 1. The molecule has 4 N–H and O–H groups in total. The third-order valence-corrected chi connectivity index (χ3v) is 9.34. The molecule has 0 bridgehead atoms. The first-order chi connectivity index (χ1) is 24.3. The van der Waals surface area contributed by atoms with Crippen LogP contribution in [0.3, 0.4) is 0 Å². The lowest BCUT2D eigenvalue weighted by Gasteiger charge is -2.42. The molecule has 1 fully saturated rings. The molecule has 0 aliphatic carbocycles. The lowest BCUT2D eigenvalue weighted by Crippen LogP contribution is -2.44. The molecule has 8 heteroatoms. The SMILES string of the molecule is C[C@@H]1[C@H](CN(C)C[C@@H](O)c2cccc(O)c2)O[C@H](c2ccc(-c3ccccc3CNC(=O)c3ccccc3)cc2)O[C@@H]1c1ccc(CO)cc1. The van der Waals surface area contributed by atoms with Crippen LogP contribution in [0, 0.1) is 5.92 Å². The molecule has 8 nitrogen and oxygen atoms in total. The highest BCUT2D eigenvalue weighted by Gasteiger charge is 2.39. The number of hydrogen-bond acceptors (Lipinski definition) is 7. The van der Waals surface area contributed by atoms with Gasteiger partial charge in [-0.25, -0.2) is 0 Å². The highest BCUT2D eigenvalue weighted by Crippen LogP contribution is 2.42. The van der Waals surface area contributed by atoms with Crippen molar-refractivity contribution in [3.8, 4) is 16.9 Å². The minimum atomic E-state index is -0.776. The lowest BCUT2D eigenvalue weighted by molar-refractivity contribution is -0.276. The van der Waals surface area contributed by atoms with Crippen LogP contribution in [-0.4, -0.2) is 52.4 Å². The Hall–Kier alpha value is -4.83. The van der Waals surface area contributed by atoms with Crippen molar-refractivity contribution in [2.45, 2.75) is 44.7 Å². The Labute approximate surface area is 293 Å². The predicted octanol–water partition coefficient (Wildman–Crippen LogP) is 6.94. The second-order valence-electron chi connectivity index (χ2n) is 13.0. The first kappa shape index (κ1) is 35.0. The van der Waals surface area contributed by atoms with Gasteiger partial charge in [0.2, 0.25) is 0 Å². The molecule has 1 heterocycles. The predicted molar refractivity (Wildman–Crippen MR) is 193 cm³/mol. The number of phenolic OH excluding ortho intramolecular Hbond substituents is 1. The Morgan fingerprint density at radius 3 is 2.26 bits per heavy atom. The number of amides is 1. The van der Waals surface area contributed by atoms with Crippen LogP contribution < -0.4 is 5.32 Å². The molecule has 0 spiro atoms. The number of aromatic hydroxyl groups is 1. The highest BCUT2D eigenvalue weighted by atomic mass is 16.7. The van der Waals surface area contributed by atoms with Crippen molar-refractivity contribution in [3.05, 3.63) is 161 Å². The molecule has 0 unspecified atom stereocenters. The van der Waals surface area contributed by atoms with Crippen LogP contribution in [-0.2, 0) is 22.6 Å². The van der Waals surface area contributed by atoms with Crippen LogP contribution in [0.5, 0.6) is 5.75 Å². The van der Waals surface area contributed by atoms with Gasteiger partial charge in [0.1, 0.15) is 5.75 Å². The third kappa shape index (κ3) is 8.48. The molecule has 0 aromatic heterocycles. The molecule has 1 aliphatic rings. The Morgan fingerprint density at radius 1 is 0.840 bits per heavy atom. The number of rotatable bonds is 12. The third-order valence-electron chi connectivity index (χ3n) is 9.34. The van der Waals surface area contributed by atoms with Gasteiger partial charge in [-0.1, -0.05) is 110 Å². The zero-order chi connectivity index (χ0) is 35.0. The summed E-state index contributed by atoms with van der Waals surface area (Å²) in [5.74, 6) is -0.0251. The summed E-state index contributed by atoms with van der Waals surface area (Å²) in [7, 11) is 1.95. The first-order valence-corrected chi connectivity index (χ1v) is 17.0. The molecule has 0 radical (unpaired) electrons. The van der Waals surface area contributed by atoms with Crippen molar-refractivity contribution >= 4 is 5.91 Å². The molecule has 6 rings (SSSR count). The summed E-state index contributed by atoms with van der Waals surface area (Å²) in [6.45, 7) is 3.38. The number of ether oxygens (including phenoxy) is 2. The van der Waals surface area contributed by atoms with Crippen LogP contribution in [0.4, 0.5) is 0 Å². The van der Waals surface area contributed by atoms with Crippen LogP contribution in [0.1, 0.15) is 63.6 Å². The molecule has 1 aliphatic heterocycles. The van der Waals surface area contributed by atoms with E-state index in [1.165, 1.54) is 0 Å². The van der Waals surface area contributed by atoms with Crippen molar-refractivity contribution in [1.82, 2.24) is 10.2 Å². The van der Waals surface area contributed by atoms with E-state index >= 15 is 0 Å². The molecule has 1 amide bonds. The molecular formula is C42H44N2O6. The van der Waals surface area contributed by atoms with E-state index in [1.54, 1.807) is 36.4 Å². The summed E-state index contributed by atoms with van der Waals surface area (Å²) < 4.78 is 13.3. The number of phenols is 1. The summed E-state index contributed by atoms with van der Waals surface area (Å²) in [5.41, 5.74) is 7.02. The maximum absolute atomic E-state index is 12.7. The van der Waals surface area contributed by atoms with Crippen molar-refractivity contribution in [2.75, 3.05) is 20.1 Å². The Bertz CT molecular complexity index is 1850. The number of carbonyl (C=O) groups is 1. The van der Waals surface area contributed by atoms with E-state index in [2.05, 4.69) is 30.4 Å². The van der Waals surface area contributed by atoms with E-state index in [1.807, 2.05) is 84.7 Å². The Morgan fingerprint density at radius 2 is 1.54 bits per heavy atom. The largest absolute Gasteiger partial charge is 0.508 e. The first-order valence-electron chi connectivity index (χ1n) is 17.0. The highest BCUT2D eigenvalue weighted by molar-refractivity contribution is 5.94. The van der Waals surface area contributed by atoms with E-state index in [0.29, 0.717) is 30.8 Å². The van der Waals surface area contributed by atoms with Gasteiger partial charge in [-0.15, -0.1) is 0 Å². The smallest absolute Gasteiger partial charge is 0.251 e. The molecule has 1 saturated heterocycles. The second-order valence-corrected chi connectivity index (χ2v) is 13.0. The van der Waals surface area contributed by atoms with Crippen molar-refractivity contribution in [1.29, 1.82) is 0 Å². The average Bonchev–Trinajstić information content (AvgIpc) is 3.15. The van der Waals surface area contributed by atoms with E-state index in [9.17, 15) is 20.1 Å².